The first-order valence-electron chi connectivity index (χ1n) is 15.3. The Balaban J connectivity index is 1.24. The number of aryl methyl sites for hydroxylation is 2. The molecule has 0 spiro atoms. The molecule has 4 aliphatic rings. The van der Waals surface area contributed by atoms with Gasteiger partial charge in [-0.2, -0.15) is 10.1 Å². The molecule has 5 heterocycles. The monoisotopic (exact) mass is 568 g/mol. The minimum atomic E-state index is -0.288. The van der Waals surface area contributed by atoms with Crippen molar-refractivity contribution in [3.63, 3.8) is 0 Å². The van der Waals surface area contributed by atoms with Crippen LogP contribution in [0.2, 0.25) is 0 Å². The number of hydrogen-bond acceptors (Lipinski definition) is 8. The van der Waals surface area contributed by atoms with Gasteiger partial charge in [0.1, 0.15) is 0 Å². The van der Waals surface area contributed by atoms with Crippen molar-refractivity contribution in [2.45, 2.75) is 39.2 Å². The van der Waals surface area contributed by atoms with Gasteiger partial charge in [-0.25, -0.2) is 4.68 Å². The number of pyridine rings is 1. The second kappa shape index (κ2) is 11.1. The van der Waals surface area contributed by atoms with Crippen molar-refractivity contribution in [1.82, 2.24) is 24.6 Å². The van der Waals surface area contributed by atoms with Gasteiger partial charge in [0, 0.05) is 57.6 Å². The van der Waals surface area contributed by atoms with Crippen LogP contribution < -0.4 is 15.0 Å². The molecule has 10 heteroatoms. The summed E-state index contributed by atoms with van der Waals surface area (Å²) in [5.74, 6) is 2.19. The first-order chi connectivity index (χ1) is 20.4. The van der Waals surface area contributed by atoms with Crippen LogP contribution in [-0.4, -0.2) is 82.8 Å². The molecule has 1 aliphatic carbocycles. The van der Waals surface area contributed by atoms with Gasteiger partial charge >= 0.3 is 0 Å². The van der Waals surface area contributed by atoms with E-state index in [1.165, 1.54) is 18.4 Å². The Morgan fingerprint density at radius 2 is 1.86 bits per heavy atom. The van der Waals surface area contributed by atoms with Gasteiger partial charge in [-0.15, -0.1) is 0 Å². The number of benzene rings is 1. The highest BCUT2D eigenvalue weighted by Gasteiger charge is 2.36. The number of anilines is 2. The highest BCUT2D eigenvalue weighted by molar-refractivity contribution is 6.19. The summed E-state index contributed by atoms with van der Waals surface area (Å²) >= 11 is 0. The maximum Gasteiger partial charge on any atom is 0.280 e. The standard InChI is InChI=1S/C32H40N8O2/c1-21-15-25-17-28(34-21)26-18-33-38(3)31(26)42-14-4-5-24(23-7-8-23)20-40-29-16-22(19-39-12-10-37(2)11-13-39)6-9-27(29)35-32(40)36-30(25)41/h6,9,15-18,23-24H,4-5,7-8,10-14,19-20H2,1-3H3,(H,35,36,41)/t24-/m1/s1. The molecular weight excluding hydrogens is 528 g/mol. The van der Waals surface area contributed by atoms with Crippen LogP contribution in [-0.2, 0) is 13.6 Å². The predicted molar refractivity (Wildman–Crippen MR) is 164 cm³/mol. The lowest BCUT2D eigenvalue weighted by atomic mass is 9.97. The van der Waals surface area contributed by atoms with Crippen LogP contribution in [0.25, 0.3) is 11.3 Å². The van der Waals surface area contributed by atoms with E-state index < -0.39 is 0 Å². The number of fused-ring (bicyclic) bond motifs is 7. The SMILES string of the molecule is Cc1cc2cc(n1)-c1cnn(C)c1OCCC[C@@H](C1CC1)CN1/C(=N/C2=O)Nc2ccc(CN3CCN(C)CC3)cc21. The summed E-state index contributed by atoms with van der Waals surface area (Å²) in [7, 11) is 4.07. The smallest absolute Gasteiger partial charge is 0.280 e. The van der Waals surface area contributed by atoms with E-state index in [9.17, 15) is 4.79 Å². The Morgan fingerprint density at radius 3 is 2.67 bits per heavy atom. The molecule has 2 bridgehead atoms. The Hall–Kier alpha value is -3.76. The average molecular weight is 569 g/mol. The van der Waals surface area contributed by atoms with Crippen LogP contribution in [0, 0.1) is 18.8 Å². The van der Waals surface area contributed by atoms with E-state index >= 15 is 0 Å². The van der Waals surface area contributed by atoms with Gasteiger partial charge in [0.25, 0.3) is 5.91 Å². The van der Waals surface area contributed by atoms with E-state index in [4.69, 9.17) is 14.7 Å². The molecule has 3 aliphatic heterocycles. The molecule has 1 N–H and O–H groups in total. The van der Waals surface area contributed by atoms with Gasteiger partial charge in [-0.1, -0.05) is 6.07 Å². The van der Waals surface area contributed by atoms with Crippen LogP contribution in [0.15, 0.2) is 41.5 Å². The van der Waals surface area contributed by atoms with E-state index in [1.807, 2.05) is 14.0 Å². The normalized spacial score (nSPS) is 23.0. The Morgan fingerprint density at radius 1 is 1.02 bits per heavy atom. The molecule has 1 saturated heterocycles. The van der Waals surface area contributed by atoms with Gasteiger partial charge in [-0.05, 0) is 81.3 Å². The molecule has 1 amide bonds. The summed E-state index contributed by atoms with van der Waals surface area (Å²) in [5.41, 5.74) is 6.12. The first kappa shape index (κ1) is 27.1. The number of ether oxygens (including phenoxy) is 1. The molecule has 220 valence electrons. The lowest BCUT2D eigenvalue weighted by Crippen LogP contribution is -2.43. The van der Waals surface area contributed by atoms with E-state index in [0.717, 1.165) is 74.7 Å². The second-order valence-corrected chi connectivity index (χ2v) is 12.4. The lowest BCUT2D eigenvalue weighted by Gasteiger charge is -2.32. The van der Waals surface area contributed by atoms with Crippen LogP contribution in [0.1, 0.15) is 47.3 Å². The van der Waals surface area contributed by atoms with Crippen molar-refractivity contribution in [2.24, 2.45) is 23.9 Å². The van der Waals surface area contributed by atoms with Gasteiger partial charge < -0.3 is 19.9 Å². The maximum atomic E-state index is 13.7. The van der Waals surface area contributed by atoms with Crippen molar-refractivity contribution in [1.29, 1.82) is 0 Å². The molecule has 0 radical (unpaired) electrons. The minimum Gasteiger partial charge on any atom is -0.477 e. The van der Waals surface area contributed by atoms with Gasteiger partial charge in [0.15, 0.2) is 0 Å². The van der Waals surface area contributed by atoms with Crippen molar-refractivity contribution < 1.29 is 9.53 Å². The fourth-order valence-corrected chi connectivity index (χ4v) is 6.50. The quantitative estimate of drug-likeness (QED) is 0.504. The number of likely N-dealkylation sites (N-methyl/N-ethyl adjacent to an activating group) is 1. The summed E-state index contributed by atoms with van der Waals surface area (Å²) in [5, 5.41) is 7.93. The van der Waals surface area contributed by atoms with E-state index in [0.29, 0.717) is 41.5 Å². The zero-order valence-electron chi connectivity index (χ0n) is 24.8. The highest BCUT2D eigenvalue weighted by atomic mass is 16.5. The third-order valence-corrected chi connectivity index (χ3v) is 9.09. The number of amides is 1. The number of aliphatic imine (C=N–C) groups is 1. The Bertz CT molecular complexity index is 1520. The highest BCUT2D eigenvalue weighted by Crippen LogP contribution is 2.42. The molecule has 1 atom stereocenters. The summed E-state index contributed by atoms with van der Waals surface area (Å²) < 4.78 is 8.04. The van der Waals surface area contributed by atoms with Gasteiger partial charge in [0.2, 0.25) is 11.8 Å². The minimum absolute atomic E-state index is 0.288. The largest absolute Gasteiger partial charge is 0.477 e. The number of aromatic nitrogens is 3. The zero-order valence-corrected chi connectivity index (χ0v) is 24.8. The number of carbonyl (C=O) groups is 1. The fourth-order valence-electron chi connectivity index (χ4n) is 6.50. The second-order valence-electron chi connectivity index (χ2n) is 12.4. The maximum absolute atomic E-state index is 13.7. The fraction of sp³-hybridized carbons (Fsp3) is 0.500. The van der Waals surface area contributed by atoms with Gasteiger partial charge in [0.05, 0.1) is 35.4 Å². The van der Waals surface area contributed by atoms with Crippen molar-refractivity contribution in [3.05, 3.63) is 53.3 Å². The molecule has 42 heavy (non-hydrogen) atoms. The predicted octanol–water partition coefficient (Wildman–Crippen LogP) is 4.17. The summed E-state index contributed by atoms with van der Waals surface area (Å²) in [6.45, 7) is 8.62. The first-order valence-corrected chi connectivity index (χ1v) is 15.3. The van der Waals surface area contributed by atoms with E-state index in [1.54, 1.807) is 23.0 Å². The molecule has 10 nitrogen and oxygen atoms in total. The molecule has 2 fully saturated rings. The third kappa shape index (κ3) is 5.53. The number of piperazine rings is 1. The van der Waals surface area contributed by atoms with Crippen LogP contribution in [0.5, 0.6) is 5.88 Å². The third-order valence-electron chi connectivity index (χ3n) is 9.09. The molecule has 1 aromatic carbocycles. The summed E-state index contributed by atoms with van der Waals surface area (Å²) in [6, 6.07) is 10.3. The van der Waals surface area contributed by atoms with E-state index in [-0.39, 0.29) is 5.91 Å². The number of guanidine groups is 1. The molecule has 3 aromatic rings. The number of nitrogens with zero attached hydrogens (tertiary/aromatic N) is 7. The molecule has 1 saturated carbocycles. The number of carbonyl (C=O) groups excluding carboxylic acids is 1. The van der Waals surface area contributed by atoms with Crippen molar-refractivity contribution in [2.75, 3.05) is 56.6 Å². The van der Waals surface area contributed by atoms with Crippen molar-refractivity contribution in [3.8, 4) is 17.1 Å². The van der Waals surface area contributed by atoms with Crippen molar-refractivity contribution >= 4 is 23.2 Å². The Labute approximate surface area is 247 Å². The zero-order chi connectivity index (χ0) is 28.8. The molecule has 0 unspecified atom stereocenters. The molecule has 2 aromatic heterocycles. The summed E-state index contributed by atoms with van der Waals surface area (Å²) in [6.07, 6.45) is 6.28. The number of rotatable bonds is 3. The van der Waals surface area contributed by atoms with Gasteiger partial charge in [-0.3, -0.25) is 14.7 Å². The lowest BCUT2D eigenvalue weighted by molar-refractivity contribution is 0.100. The Kier molecular flexibility index (Phi) is 7.19. The molecule has 7 rings (SSSR count). The number of nitrogens with one attached hydrogen (secondary N) is 1. The molecular formula is C32H40N8O2. The topological polar surface area (TPSA) is 91.1 Å². The van der Waals surface area contributed by atoms with Crippen LogP contribution in [0.3, 0.4) is 0 Å². The number of hydrogen-bond donors (Lipinski definition) is 1. The van der Waals surface area contributed by atoms with Crippen LogP contribution >= 0.6 is 0 Å². The summed E-state index contributed by atoms with van der Waals surface area (Å²) in [4.78, 5) is 30.3. The van der Waals surface area contributed by atoms with E-state index in [2.05, 4.69) is 50.4 Å². The van der Waals surface area contributed by atoms with Crippen LogP contribution in [0.4, 0.5) is 11.4 Å². The average Bonchev–Trinajstić information content (AvgIpc) is 3.68.